The van der Waals surface area contributed by atoms with Gasteiger partial charge in [0, 0.05) is 12.8 Å². The first kappa shape index (κ1) is 20.4. The number of nitrogens with zero attached hydrogens (tertiary/aromatic N) is 1. The first-order valence-electron chi connectivity index (χ1n) is 7.43. The van der Waals surface area contributed by atoms with E-state index in [4.69, 9.17) is 14.9 Å². The van der Waals surface area contributed by atoms with Crippen molar-refractivity contribution in [3.8, 4) is 0 Å². The van der Waals surface area contributed by atoms with Crippen LogP contribution in [0, 0.1) is 5.92 Å². The first-order valence-corrected chi connectivity index (χ1v) is 7.43. The zero-order valence-corrected chi connectivity index (χ0v) is 13.9. The van der Waals surface area contributed by atoms with Crippen molar-refractivity contribution in [3.63, 3.8) is 0 Å². The van der Waals surface area contributed by atoms with Gasteiger partial charge < -0.3 is 19.4 Å². The van der Waals surface area contributed by atoms with E-state index in [-0.39, 0.29) is 25.2 Å². The van der Waals surface area contributed by atoms with E-state index in [9.17, 15) is 14.4 Å². The second kappa shape index (κ2) is 9.40. The summed E-state index contributed by atoms with van der Waals surface area (Å²) < 4.78 is 5.78. The molecule has 0 amide bonds. The SMILES string of the molecule is CC(CCCC(=O)O)CC(=O)OC(CC(=O)O)C[N+](C)(C)C. The van der Waals surface area contributed by atoms with Crippen molar-refractivity contribution in [1.29, 1.82) is 0 Å². The number of aliphatic carboxylic acids is 2. The van der Waals surface area contributed by atoms with Crippen LogP contribution in [-0.2, 0) is 19.1 Å². The predicted molar refractivity (Wildman–Crippen MR) is 80.3 cm³/mol. The molecule has 7 heteroatoms. The normalized spacial score (nSPS) is 14.2. The lowest BCUT2D eigenvalue weighted by molar-refractivity contribution is -0.873. The van der Waals surface area contributed by atoms with Crippen LogP contribution in [0.4, 0.5) is 0 Å². The van der Waals surface area contributed by atoms with Gasteiger partial charge in [0.15, 0.2) is 6.10 Å². The zero-order chi connectivity index (χ0) is 17.3. The Kier molecular flexibility index (Phi) is 8.70. The number of carboxylic acid groups (broad SMARTS) is 2. The third-order valence-corrected chi connectivity index (χ3v) is 3.05. The monoisotopic (exact) mass is 318 g/mol. The van der Waals surface area contributed by atoms with Gasteiger partial charge in [-0.05, 0) is 18.8 Å². The Labute approximate surface area is 131 Å². The highest BCUT2D eigenvalue weighted by atomic mass is 16.5. The number of hydrogen-bond donors (Lipinski definition) is 2. The minimum atomic E-state index is -0.999. The molecule has 128 valence electrons. The summed E-state index contributed by atoms with van der Waals surface area (Å²) in [5.41, 5.74) is 0. The molecule has 2 N–H and O–H groups in total. The minimum absolute atomic E-state index is 0.0152. The van der Waals surface area contributed by atoms with Crippen LogP contribution < -0.4 is 0 Å². The van der Waals surface area contributed by atoms with Gasteiger partial charge in [-0.1, -0.05) is 6.92 Å². The molecule has 0 saturated heterocycles. The highest BCUT2D eigenvalue weighted by molar-refractivity contribution is 5.71. The summed E-state index contributed by atoms with van der Waals surface area (Å²) in [7, 11) is 5.70. The van der Waals surface area contributed by atoms with Crippen molar-refractivity contribution >= 4 is 17.9 Å². The zero-order valence-electron chi connectivity index (χ0n) is 13.9. The summed E-state index contributed by atoms with van der Waals surface area (Å²) in [6.45, 7) is 2.28. The van der Waals surface area contributed by atoms with Gasteiger partial charge in [-0.25, -0.2) is 0 Å². The number of carboxylic acids is 2. The van der Waals surface area contributed by atoms with Gasteiger partial charge >= 0.3 is 17.9 Å². The smallest absolute Gasteiger partial charge is 0.307 e. The summed E-state index contributed by atoms with van der Waals surface area (Å²) in [5, 5.41) is 17.5. The fourth-order valence-electron chi connectivity index (χ4n) is 2.17. The lowest BCUT2D eigenvalue weighted by Crippen LogP contribution is -2.43. The molecule has 2 atom stereocenters. The summed E-state index contributed by atoms with van der Waals surface area (Å²) in [6.07, 6.45) is 0.530. The van der Waals surface area contributed by atoms with E-state index < -0.39 is 24.0 Å². The van der Waals surface area contributed by atoms with Crippen LogP contribution in [0.3, 0.4) is 0 Å². The van der Waals surface area contributed by atoms with Crippen molar-refractivity contribution in [2.45, 2.75) is 45.1 Å². The predicted octanol–water partition coefficient (Wildman–Crippen LogP) is 1.36. The van der Waals surface area contributed by atoms with E-state index in [1.807, 2.05) is 28.1 Å². The van der Waals surface area contributed by atoms with E-state index in [2.05, 4.69) is 0 Å². The van der Waals surface area contributed by atoms with Gasteiger partial charge in [0.25, 0.3) is 0 Å². The molecule has 0 fully saturated rings. The molecule has 0 radical (unpaired) electrons. The van der Waals surface area contributed by atoms with Crippen LogP contribution in [0.1, 0.15) is 39.0 Å². The molecule has 0 aliphatic carbocycles. The Balaban J connectivity index is 4.31. The molecule has 0 aromatic heterocycles. The summed E-state index contributed by atoms with van der Waals surface area (Å²) in [5.74, 6) is -2.26. The number of ether oxygens (including phenoxy) is 1. The van der Waals surface area contributed by atoms with Crippen LogP contribution in [0.25, 0.3) is 0 Å². The molecule has 0 aliphatic rings. The number of quaternary nitrogens is 1. The molecule has 22 heavy (non-hydrogen) atoms. The maximum atomic E-state index is 11.9. The maximum absolute atomic E-state index is 11.9. The van der Waals surface area contributed by atoms with Crippen LogP contribution >= 0.6 is 0 Å². The Morgan fingerprint density at radius 1 is 1.05 bits per heavy atom. The molecule has 0 aliphatic heterocycles. The van der Waals surface area contributed by atoms with E-state index in [1.54, 1.807) is 0 Å². The number of carbonyl (C=O) groups is 3. The Morgan fingerprint density at radius 2 is 1.64 bits per heavy atom. The molecule has 2 unspecified atom stereocenters. The molecule has 0 rings (SSSR count). The van der Waals surface area contributed by atoms with Gasteiger partial charge in [-0.3, -0.25) is 14.4 Å². The number of esters is 1. The van der Waals surface area contributed by atoms with E-state index >= 15 is 0 Å². The van der Waals surface area contributed by atoms with Crippen molar-refractivity contribution < 1.29 is 33.8 Å². The molecule has 0 spiro atoms. The fourth-order valence-corrected chi connectivity index (χ4v) is 2.17. The molecule has 0 bridgehead atoms. The third kappa shape index (κ3) is 12.1. The average Bonchev–Trinajstić information content (AvgIpc) is 2.23. The van der Waals surface area contributed by atoms with Crippen molar-refractivity contribution in [2.75, 3.05) is 27.7 Å². The second-order valence-corrected chi connectivity index (χ2v) is 6.78. The Bertz CT molecular complexity index is 388. The van der Waals surface area contributed by atoms with Gasteiger partial charge in [-0.15, -0.1) is 0 Å². The van der Waals surface area contributed by atoms with E-state index in [0.29, 0.717) is 23.9 Å². The lowest BCUT2D eigenvalue weighted by atomic mass is 10.0. The quantitative estimate of drug-likeness (QED) is 0.440. The van der Waals surface area contributed by atoms with E-state index in [0.717, 1.165) is 0 Å². The standard InChI is InChI=1S/C15H27NO6/c1-11(6-5-7-13(17)18)8-15(21)22-12(9-14(19)20)10-16(2,3)4/h11-12H,5-10H2,1-4H3,(H-,17,18,19,20)/p+1. The molecule has 7 nitrogen and oxygen atoms in total. The average molecular weight is 318 g/mol. The Morgan fingerprint density at radius 3 is 2.09 bits per heavy atom. The summed E-state index contributed by atoms with van der Waals surface area (Å²) in [6, 6.07) is 0. The van der Waals surface area contributed by atoms with Crippen molar-refractivity contribution in [2.24, 2.45) is 5.92 Å². The Hall–Kier alpha value is -1.63. The largest absolute Gasteiger partial charge is 0.481 e. The van der Waals surface area contributed by atoms with Crippen LogP contribution in [0.2, 0.25) is 0 Å². The maximum Gasteiger partial charge on any atom is 0.307 e. The van der Waals surface area contributed by atoms with Crippen LogP contribution in [0.5, 0.6) is 0 Å². The minimum Gasteiger partial charge on any atom is -0.481 e. The van der Waals surface area contributed by atoms with E-state index in [1.165, 1.54) is 0 Å². The fraction of sp³-hybridized carbons (Fsp3) is 0.800. The molecule has 0 saturated carbocycles. The number of carbonyl (C=O) groups excluding carboxylic acids is 1. The van der Waals surface area contributed by atoms with Crippen LogP contribution in [0.15, 0.2) is 0 Å². The number of rotatable bonds is 11. The van der Waals surface area contributed by atoms with Gasteiger partial charge in [0.05, 0.1) is 27.6 Å². The molecule has 0 aromatic rings. The number of likely N-dealkylation sites (N-methyl/N-ethyl adjacent to an activating group) is 1. The van der Waals surface area contributed by atoms with Gasteiger partial charge in [-0.2, -0.15) is 0 Å². The molecule has 0 aromatic carbocycles. The van der Waals surface area contributed by atoms with Gasteiger partial charge in [0.1, 0.15) is 6.54 Å². The summed E-state index contributed by atoms with van der Waals surface area (Å²) in [4.78, 5) is 33.2. The third-order valence-electron chi connectivity index (χ3n) is 3.05. The molecular formula is C15H28NO6+. The first-order chi connectivity index (χ1) is 9.99. The summed E-state index contributed by atoms with van der Waals surface area (Å²) >= 11 is 0. The van der Waals surface area contributed by atoms with Crippen molar-refractivity contribution in [1.82, 2.24) is 0 Å². The highest BCUT2D eigenvalue weighted by Crippen LogP contribution is 2.14. The number of hydrogen-bond acceptors (Lipinski definition) is 4. The van der Waals surface area contributed by atoms with Gasteiger partial charge in [0.2, 0.25) is 0 Å². The molecular weight excluding hydrogens is 290 g/mol. The lowest BCUT2D eigenvalue weighted by Gasteiger charge is -2.28. The molecule has 0 heterocycles. The second-order valence-electron chi connectivity index (χ2n) is 6.78. The topological polar surface area (TPSA) is 101 Å². The van der Waals surface area contributed by atoms with Crippen molar-refractivity contribution in [3.05, 3.63) is 0 Å². The highest BCUT2D eigenvalue weighted by Gasteiger charge is 2.25. The van der Waals surface area contributed by atoms with Crippen LogP contribution in [-0.4, -0.2) is 66.4 Å².